The highest BCUT2D eigenvalue weighted by Crippen LogP contribution is 1.87. The van der Waals surface area contributed by atoms with Crippen LogP contribution in [-0.4, -0.2) is 27.2 Å². The van der Waals surface area contributed by atoms with Crippen LogP contribution in [0.4, 0.5) is 0 Å². The lowest BCUT2D eigenvalue weighted by Crippen LogP contribution is -2.28. The van der Waals surface area contributed by atoms with E-state index in [9.17, 15) is 4.79 Å². The number of amides is 1. The van der Waals surface area contributed by atoms with E-state index < -0.39 is 0 Å². The highest BCUT2D eigenvalue weighted by molar-refractivity contribution is 5.75. The molecule has 0 spiro atoms. The fourth-order valence-electron chi connectivity index (χ4n) is 0.844. The van der Waals surface area contributed by atoms with Crippen molar-refractivity contribution in [3.63, 3.8) is 0 Å². The number of carbonyl (C=O) groups is 1. The third-order valence-corrected chi connectivity index (χ3v) is 1.44. The number of carbonyl (C=O) groups excluding carboxylic acids is 1. The summed E-state index contributed by atoms with van der Waals surface area (Å²) >= 11 is 0. The van der Waals surface area contributed by atoms with Crippen LogP contribution < -0.4 is 11.1 Å². The molecular formula is C7H10N6O. The molecule has 0 aliphatic rings. The Morgan fingerprint density at radius 2 is 2.57 bits per heavy atom. The van der Waals surface area contributed by atoms with Gasteiger partial charge in [-0.2, -0.15) is 10.4 Å². The van der Waals surface area contributed by atoms with Gasteiger partial charge in [-0.1, -0.05) is 0 Å². The standard InChI is InChI=1S/C7H10N6O/c8-1-2-10-7(14)4-13-5-11-6(3-9)12-13/h5H,2-4,9H2,(H,10,14). The summed E-state index contributed by atoms with van der Waals surface area (Å²) in [5.41, 5.74) is 5.29. The molecule has 0 radical (unpaired) electrons. The summed E-state index contributed by atoms with van der Waals surface area (Å²) in [4.78, 5) is 14.9. The highest BCUT2D eigenvalue weighted by Gasteiger charge is 2.03. The van der Waals surface area contributed by atoms with Crippen molar-refractivity contribution in [2.45, 2.75) is 13.1 Å². The van der Waals surface area contributed by atoms with Crippen LogP contribution in [0.1, 0.15) is 5.82 Å². The minimum Gasteiger partial charge on any atom is -0.341 e. The molecule has 1 aromatic heterocycles. The smallest absolute Gasteiger partial charge is 0.242 e. The second kappa shape index (κ2) is 4.94. The van der Waals surface area contributed by atoms with Crippen molar-refractivity contribution in [1.82, 2.24) is 20.1 Å². The molecule has 0 unspecified atom stereocenters. The van der Waals surface area contributed by atoms with E-state index in [2.05, 4.69) is 15.4 Å². The Morgan fingerprint density at radius 1 is 1.79 bits per heavy atom. The Morgan fingerprint density at radius 3 is 3.14 bits per heavy atom. The lowest BCUT2D eigenvalue weighted by atomic mass is 10.5. The van der Waals surface area contributed by atoms with Crippen molar-refractivity contribution in [3.8, 4) is 6.07 Å². The van der Waals surface area contributed by atoms with Gasteiger partial charge in [0.2, 0.25) is 5.91 Å². The molecule has 0 aromatic carbocycles. The fraction of sp³-hybridized carbons (Fsp3) is 0.429. The molecule has 1 rings (SSSR count). The van der Waals surface area contributed by atoms with Crippen molar-refractivity contribution in [1.29, 1.82) is 5.26 Å². The van der Waals surface area contributed by atoms with Crippen molar-refractivity contribution < 1.29 is 4.79 Å². The zero-order valence-corrected chi connectivity index (χ0v) is 7.47. The van der Waals surface area contributed by atoms with Crippen LogP contribution in [0.25, 0.3) is 0 Å². The largest absolute Gasteiger partial charge is 0.341 e. The minimum atomic E-state index is -0.278. The second-order valence-corrected chi connectivity index (χ2v) is 2.50. The second-order valence-electron chi connectivity index (χ2n) is 2.50. The third kappa shape index (κ3) is 2.84. The van der Waals surface area contributed by atoms with E-state index >= 15 is 0 Å². The van der Waals surface area contributed by atoms with Crippen molar-refractivity contribution >= 4 is 5.91 Å². The van der Waals surface area contributed by atoms with E-state index in [1.807, 2.05) is 0 Å². The Balaban J connectivity index is 2.44. The molecule has 0 aliphatic heterocycles. The summed E-state index contributed by atoms with van der Waals surface area (Å²) in [7, 11) is 0. The number of aromatic nitrogens is 3. The van der Waals surface area contributed by atoms with Gasteiger partial charge in [0.1, 0.15) is 19.4 Å². The molecule has 74 valence electrons. The molecule has 0 saturated heterocycles. The van der Waals surface area contributed by atoms with E-state index in [4.69, 9.17) is 11.0 Å². The number of rotatable bonds is 4. The summed E-state index contributed by atoms with van der Waals surface area (Å²) in [6, 6.07) is 1.80. The molecule has 0 saturated carbocycles. The number of nitrogens with one attached hydrogen (secondary N) is 1. The Bertz CT molecular complexity index is 351. The molecule has 7 nitrogen and oxygen atoms in total. The maximum absolute atomic E-state index is 11.1. The summed E-state index contributed by atoms with van der Waals surface area (Å²) in [5, 5.41) is 14.5. The number of nitriles is 1. The molecule has 0 atom stereocenters. The molecule has 3 N–H and O–H groups in total. The molecule has 1 aromatic rings. The van der Waals surface area contributed by atoms with Crippen LogP contribution in [0.2, 0.25) is 0 Å². The molecular weight excluding hydrogens is 184 g/mol. The van der Waals surface area contributed by atoms with Crippen molar-refractivity contribution in [3.05, 3.63) is 12.2 Å². The lowest BCUT2D eigenvalue weighted by Gasteiger charge is -1.99. The first kappa shape index (κ1) is 10.1. The predicted octanol–water partition coefficient (Wildman–Crippen LogP) is -1.62. The zero-order valence-electron chi connectivity index (χ0n) is 7.47. The van der Waals surface area contributed by atoms with Gasteiger partial charge in [-0.05, 0) is 0 Å². The van der Waals surface area contributed by atoms with E-state index in [0.29, 0.717) is 5.82 Å². The normalized spacial score (nSPS) is 9.43. The quantitative estimate of drug-likeness (QED) is 0.559. The first-order valence-electron chi connectivity index (χ1n) is 3.98. The highest BCUT2D eigenvalue weighted by atomic mass is 16.2. The molecule has 1 amide bonds. The average Bonchev–Trinajstić information content (AvgIpc) is 2.62. The number of hydrogen-bond acceptors (Lipinski definition) is 5. The minimum absolute atomic E-state index is 0.00270. The molecule has 0 fully saturated rings. The molecule has 7 heteroatoms. The van der Waals surface area contributed by atoms with Gasteiger partial charge >= 0.3 is 0 Å². The first-order chi connectivity index (χ1) is 6.76. The van der Waals surface area contributed by atoms with Gasteiger partial charge in [0.05, 0.1) is 12.6 Å². The van der Waals surface area contributed by atoms with Crippen LogP contribution in [0.5, 0.6) is 0 Å². The molecule has 0 aliphatic carbocycles. The van der Waals surface area contributed by atoms with Crippen LogP contribution in [0.3, 0.4) is 0 Å². The first-order valence-corrected chi connectivity index (χ1v) is 3.98. The van der Waals surface area contributed by atoms with Crippen LogP contribution in [-0.2, 0) is 17.9 Å². The molecule has 1 heterocycles. The third-order valence-electron chi connectivity index (χ3n) is 1.44. The van der Waals surface area contributed by atoms with Gasteiger partial charge < -0.3 is 11.1 Å². The van der Waals surface area contributed by atoms with E-state index in [1.54, 1.807) is 6.07 Å². The van der Waals surface area contributed by atoms with Crippen LogP contribution in [0, 0.1) is 11.3 Å². The number of nitrogens with zero attached hydrogens (tertiary/aromatic N) is 4. The summed E-state index contributed by atoms with van der Waals surface area (Å²) in [6.07, 6.45) is 1.42. The average molecular weight is 194 g/mol. The summed E-state index contributed by atoms with van der Waals surface area (Å²) in [5.74, 6) is 0.207. The number of hydrogen-bond donors (Lipinski definition) is 2. The van der Waals surface area contributed by atoms with E-state index in [1.165, 1.54) is 11.0 Å². The molecule has 0 bridgehead atoms. The Labute approximate surface area is 80.5 Å². The summed E-state index contributed by atoms with van der Waals surface area (Å²) < 4.78 is 1.37. The van der Waals surface area contributed by atoms with Gasteiger partial charge in [-0.3, -0.25) is 4.79 Å². The predicted molar refractivity (Wildman–Crippen MR) is 46.5 cm³/mol. The van der Waals surface area contributed by atoms with Crippen molar-refractivity contribution in [2.75, 3.05) is 6.54 Å². The van der Waals surface area contributed by atoms with Crippen LogP contribution in [0.15, 0.2) is 6.33 Å². The monoisotopic (exact) mass is 194 g/mol. The van der Waals surface area contributed by atoms with E-state index in [-0.39, 0.29) is 25.5 Å². The maximum Gasteiger partial charge on any atom is 0.242 e. The molecule has 14 heavy (non-hydrogen) atoms. The van der Waals surface area contributed by atoms with Gasteiger partial charge in [0, 0.05) is 0 Å². The SMILES string of the molecule is N#CCNC(=O)Cn1cnc(CN)n1. The van der Waals surface area contributed by atoms with Crippen molar-refractivity contribution in [2.24, 2.45) is 5.73 Å². The number of nitrogens with two attached hydrogens (primary N) is 1. The van der Waals surface area contributed by atoms with Gasteiger partial charge in [0.25, 0.3) is 0 Å². The van der Waals surface area contributed by atoms with Gasteiger partial charge in [0.15, 0.2) is 5.82 Å². The van der Waals surface area contributed by atoms with Crippen LogP contribution >= 0.6 is 0 Å². The Hall–Kier alpha value is -1.94. The Kier molecular flexibility index (Phi) is 3.58. The van der Waals surface area contributed by atoms with Gasteiger partial charge in [-0.25, -0.2) is 9.67 Å². The fourth-order valence-corrected chi connectivity index (χ4v) is 0.844. The topological polar surface area (TPSA) is 110 Å². The lowest BCUT2D eigenvalue weighted by molar-refractivity contribution is -0.121. The maximum atomic E-state index is 11.1. The zero-order chi connectivity index (χ0) is 10.4. The van der Waals surface area contributed by atoms with E-state index in [0.717, 1.165) is 0 Å². The summed E-state index contributed by atoms with van der Waals surface area (Å²) in [6.45, 7) is 0.290. The van der Waals surface area contributed by atoms with Gasteiger partial charge in [-0.15, -0.1) is 0 Å².